The van der Waals surface area contributed by atoms with Gasteiger partial charge in [-0.25, -0.2) is 9.48 Å². The summed E-state index contributed by atoms with van der Waals surface area (Å²) < 4.78 is 6.73. The molecule has 6 nitrogen and oxygen atoms in total. The average molecular weight is 315 g/mol. The molecule has 1 aromatic carbocycles. The van der Waals surface area contributed by atoms with Crippen LogP contribution in [0.1, 0.15) is 46.6 Å². The van der Waals surface area contributed by atoms with Gasteiger partial charge in [0, 0.05) is 13.7 Å². The van der Waals surface area contributed by atoms with Crippen LogP contribution in [0.25, 0.3) is 5.69 Å². The fourth-order valence-corrected chi connectivity index (χ4v) is 3.13. The van der Waals surface area contributed by atoms with Gasteiger partial charge in [-0.3, -0.25) is 0 Å². The van der Waals surface area contributed by atoms with Crippen LogP contribution in [0.2, 0.25) is 0 Å². The third kappa shape index (κ3) is 3.27. The van der Waals surface area contributed by atoms with Gasteiger partial charge in [0.15, 0.2) is 5.69 Å². The van der Waals surface area contributed by atoms with Gasteiger partial charge in [-0.15, -0.1) is 5.10 Å². The quantitative estimate of drug-likeness (QED) is 0.794. The van der Waals surface area contributed by atoms with Crippen molar-refractivity contribution >= 4 is 5.97 Å². The van der Waals surface area contributed by atoms with Crippen LogP contribution in [0.5, 0.6) is 0 Å². The zero-order chi connectivity index (χ0) is 16.2. The van der Waals surface area contributed by atoms with Gasteiger partial charge >= 0.3 is 5.97 Å². The fourth-order valence-electron chi connectivity index (χ4n) is 3.13. The summed E-state index contributed by atoms with van der Waals surface area (Å²) in [4.78, 5) is 11.4. The van der Waals surface area contributed by atoms with Crippen LogP contribution in [0.3, 0.4) is 0 Å². The Labute approximate surface area is 135 Å². The van der Waals surface area contributed by atoms with Crippen LogP contribution < -0.4 is 0 Å². The van der Waals surface area contributed by atoms with Crippen molar-refractivity contribution in [2.24, 2.45) is 0 Å². The minimum atomic E-state index is -1.03. The van der Waals surface area contributed by atoms with Crippen LogP contribution in [0.15, 0.2) is 18.2 Å². The number of rotatable bonds is 7. The number of aromatic nitrogens is 3. The van der Waals surface area contributed by atoms with E-state index in [1.807, 2.05) is 6.07 Å². The van der Waals surface area contributed by atoms with Crippen molar-refractivity contribution in [3.8, 4) is 5.69 Å². The van der Waals surface area contributed by atoms with Crippen molar-refractivity contribution in [2.45, 2.75) is 38.5 Å². The minimum Gasteiger partial charge on any atom is -0.476 e. The van der Waals surface area contributed by atoms with Gasteiger partial charge in [0.05, 0.1) is 11.4 Å². The smallest absolute Gasteiger partial charge is 0.358 e. The maximum Gasteiger partial charge on any atom is 0.358 e. The Morgan fingerprint density at radius 2 is 2.13 bits per heavy atom. The number of nitrogens with zero attached hydrogens (tertiary/aromatic N) is 3. The largest absolute Gasteiger partial charge is 0.476 e. The Morgan fingerprint density at radius 3 is 2.91 bits per heavy atom. The molecule has 2 aromatic rings. The number of ether oxygens (including phenoxy) is 1. The second kappa shape index (κ2) is 6.91. The fraction of sp³-hybridized carbons (Fsp3) is 0.471. The van der Waals surface area contributed by atoms with E-state index in [1.165, 1.54) is 17.5 Å². The number of aryl methyl sites for hydroxylation is 2. The highest BCUT2D eigenvalue weighted by atomic mass is 16.5. The third-order valence-corrected chi connectivity index (χ3v) is 4.30. The van der Waals surface area contributed by atoms with Crippen LogP contribution in [-0.2, 0) is 24.0 Å². The maximum atomic E-state index is 11.4. The molecule has 0 amide bonds. The monoisotopic (exact) mass is 315 g/mol. The van der Waals surface area contributed by atoms with Crippen molar-refractivity contribution in [1.29, 1.82) is 0 Å². The zero-order valence-corrected chi connectivity index (χ0v) is 13.3. The number of hydrogen-bond acceptors (Lipinski definition) is 4. The number of carbonyl (C=O) groups is 1. The molecule has 1 aliphatic carbocycles. The lowest BCUT2D eigenvalue weighted by Crippen LogP contribution is -2.08. The number of benzene rings is 1. The lowest BCUT2D eigenvalue weighted by Gasteiger charge is -2.09. The maximum absolute atomic E-state index is 11.4. The molecule has 0 atom stereocenters. The number of hydrogen-bond donors (Lipinski definition) is 1. The summed E-state index contributed by atoms with van der Waals surface area (Å²) in [5.41, 5.74) is 4.32. The second-order valence-corrected chi connectivity index (χ2v) is 5.86. The van der Waals surface area contributed by atoms with Gasteiger partial charge in [-0.2, -0.15) is 0 Å². The van der Waals surface area contributed by atoms with E-state index in [9.17, 15) is 9.90 Å². The molecule has 23 heavy (non-hydrogen) atoms. The highest BCUT2D eigenvalue weighted by Crippen LogP contribution is 2.25. The van der Waals surface area contributed by atoms with E-state index in [2.05, 4.69) is 22.4 Å². The molecule has 0 aliphatic heterocycles. The van der Waals surface area contributed by atoms with E-state index in [4.69, 9.17) is 4.74 Å². The molecule has 0 saturated heterocycles. The summed E-state index contributed by atoms with van der Waals surface area (Å²) in [6.07, 6.45) is 5.72. The molecule has 0 spiro atoms. The van der Waals surface area contributed by atoms with Gasteiger partial charge in [0.1, 0.15) is 0 Å². The predicted molar refractivity (Wildman–Crippen MR) is 85.2 cm³/mol. The molecule has 1 aromatic heterocycles. The number of carboxylic acid groups (broad SMARTS) is 1. The Bertz CT molecular complexity index is 709. The van der Waals surface area contributed by atoms with Gasteiger partial charge in [-0.1, -0.05) is 11.3 Å². The van der Waals surface area contributed by atoms with E-state index >= 15 is 0 Å². The second-order valence-electron chi connectivity index (χ2n) is 5.86. The number of carboxylic acids is 1. The summed E-state index contributed by atoms with van der Waals surface area (Å²) in [7, 11) is 1.67. The highest BCUT2D eigenvalue weighted by molar-refractivity contribution is 5.86. The summed E-state index contributed by atoms with van der Waals surface area (Å²) >= 11 is 0. The molecule has 1 N–H and O–H groups in total. The normalized spacial score (nSPS) is 13.3. The molecule has 3 rings (SSSR count). The molecule has 1 aliphatic rings. The van der Waals surface area contributed by atoms with Crippen LogP contribution in [0.4, 0.5) is 0 Å². The first-order valence-corrected chi connectivity index (χ1v) is 7.99. The lowest BCUT2D eigenvalue weighted by molar-refractivity contribution is 0.0689. The summed E-state index contributed by atoms with van der Waals surface area (Å²) in [6.45, 7) is 0.669. The predicted octanol–water partition coefficient (Wildman–Crippen LogP) is 2.42. The number of methoxy groups -OCH3 is 1. The molecular formula is C17H21N3O3. The van der Waals surface area contributed by atoms with Gasteiger partial charge < -0.3 is 9.84 Å². The van der Waals surface area contributed by atoms with Crippen molar-refractivity contribution < 1.29 is 14.6 Å². The summed E-state index contributed by atoms with van der Waals surface area (Å²) in [6, 6.07) is 6.24. The third-order valence-electron chi connectivity index (χ3n) is 4.30. The van der Waals surface area contributed by atoms with Crippen LogP contribution >= 0.6 is 0 Å². The molecule has 0 saturated carbocycles. The minimum absolute atomic E-state index is 0.0444. The van der Waals surface area contributed by atoms with E-state index < -0.39 is 5.97 Å². The Morgan fingerprint density at radius 1 is 1.30 bits per heavy atom. The van der Waals surface area contributed by atoms with Crippen molar-refractivity contribution in [2.75, 3.05) is 13.7 Å². The molecule has 0 unspecified atom stereocenters. The van der Waals surface area contributed by atoms with E-state index in [1.54, 1.807) is 11.8 Å². The first-order chi connectivity index (χ1) is 11.2. The van der Waals surface area contributed by atoms with Crippen LogP contribution in [0, 0.1) is 0 Å². The molecule has 0 fully saturated rings. The van der Waals surface area contributed by atoms with Crippen LogP contribution in [-0.4, -0.2) is 39.8 Å². The van der Waals surface area contributed by atoms with Crippen molar-refractivity contribution in [3.63, 3.8) is 0 Å². The van der Waals surface area contributed by atoms with Gasteiger partial charge in [-0.05, 0) is 61.8 Å². The van der Waals surface area contributed by atoms with E-state index in [0.29, 0.717) is 18.7 Å². The Kier molecular flexibility index (Phi) is 4.71. The van der Waals surface area contributed by atoms with E-state index in [0.717, 1.165) is 31.4 Å². The Balaban J connectivity index is 1.90. The number of fused-ring (bicyclic) bond motifs is 1. The zero-order valence-electron chi connectivity index (χ0n) is 13.3. The average Bonchev–Trinajstić information content (AvgIpc) is 3.17. The highest BCUT2D eigenvalue weighted by Gasteiger charge is 2.20. The SMILES string of the molecule is COCCCCc1c(C(=O)O)nnn1-c1ccc2c(c1)CCC2. The molecule has 1 heterocycles. The standard InChI is InChI=1S/C17H21N3O3/c1-23-10-3-2-7-15-16(17(21)22)18-19-20(15)14-9-8-12-5-4-6-13(12)11-14/h8-9,11H,2-7,10H2,1H3,(H,21,22). The lowest BCUT2D eigenvalue weighted by atomic mass is 10.1. The van der Waals surface area contributed by atoms with Gasteiger partial charge in [0.25, 0.3) is 0 Å². The first kappa shape index (κ1) is 15.7. The topological polar surface area (TPSA) is 77.2 Å². The molecule has 0 radical (unpaired) electrons. The summed E-state index contributed by atoms with van der Waals surface area (Å²) in [5, 5.41) is 17.3. The molecule has 122 valence electrons. The van der Waals surface area contributed by atoms with E-state index in [-0.39, 0.29) is 5.69 Å². The molecular weight excluding hydrogens is 294 g/mol. The Hall–Kier alpha value is -2.21. The van der Waals surface area contributed by atoms with Crippen molar-refractivity contribution in [3.05, 3.63) is 40.7 Å². The molecule has 6 heteroatoms. The van der Waals surface area contributed by atoms with Crippen molar-refractivity contribution in [1.82, 2.24) is 15.0 Å². The number of aromatic carboxylic acids is 1. The first-order valence-electron chi connectivity index (χ1n) is 7.99. The molecule has 0 bridgehead atoms. The number of unbranched alkanes of at least 4 members (excludes halogenated alkanes) is 1. The van der Waals surface area contributed by atoms with Gasteiger partial charge in [0.2, 0.25) is 0 Å². The summed E-state index contributed by atoms with van der Waals surface area (Å²) in [5.74, 6) is -1.03.